The van der Waals surface area contributed by atoms with Gasteiger partial charge >= 0.3 is 0 Å². The molecule has 0 aliphatic carbocycles. The van der Waals surface area contributed by atoms with Gasteiger partial charge in [-0.15, -0.1) is 0 Å². The first-order chi connectivity index (χ1) is 15.1. The van der Waals surface area contributed by atoms with Crippen LogP contribution >= 0.6 is 0 Å². The maximum absolute atomic E-state index is 12.4. The van der Waals surface area contributed by atoms with Crippen LogP contribution in [-0.2, 0) is 24.5 Å². The molecule has 31 heavy (non-hydrogen) atoms. The maximum atomic E-state index is 12.4. The molecule has 2 aromatic carbocycles. The molecule has 0 fully saturated rings. The number of ether oxygens (including phenoxy) is 2. The van der Waals surface area contributed by atoms with E-state index in [0.29, 0.717) is 31.1 Å². The molecular formula is C25H25N3O3. The minimum atomic E-state index is -0.122. The van der Waals surface area contributed by atoms with Crippen molar-refractivity contribution in [1.29, 1.82) is 0 Å². The van der Waals surface area contributed by atoms with Gasteiger partial charge in [0.25, 0.3) is 5.91 Å². The van der Waals surface area contributed by atoms with E-state index >= 15 is 0 Å². The molecule has 0 saturated heterocycles. The van der Waals surface area contributed by atoms with Crippen molar-refractivity contribution in [3.05, 3.63) is 101 Å². The van der Waals surface area contributed by atoms with E-state index in [9.17, 15) is 4.79 Å². The molecule has 0 bridgehead atoms. The van der Waals surface area contributed by atoms with Gasteiger partial charge in [0.2, 0.25) is 0 Å². The standard InChI is InChI=1S/C25H25N3O3/c1-18-4-3-13-28-15-22(27-24(18)28)17-31-23-11-9-21(10-12-23)25(29)26-14-19-5-7-20(8-6-19)16-30-2/h3-13,15H,14,16-17H2,1-2H3,(H,26,29). The zero-order chi connectivity index (χ0) is 21.6. The average molecular weight is 415 g/mol. The SMILES string of the molecule is COCc1ccc(CNC(=O)c2ccc(OCc3cn4cccc(C)c4n3)cc2)cc1. The Kier molecular flexibility index (Phi) is 6.29. The minimum Gasteiger partial charge on any atom is -0.487 e. The Labute approximate surface area is 181 Å². The fraction of sp³-hybridized carbons (Fsp3) is 0.200. The van der Waals surface area contributed by atoms with Crippen molar-refractivity contribution in [1.82, 2.24) is 14.7 Å². The molecule has 0 spiro atoms. The molecule has 6 heteroatoms. The molecule has 6 nitrogen and oxygen atoms in total. The van der Waals surface area contributed by atoms with E-state index in [2.05, 4.69) is 10.3 Å². The molecule has 2 heterocycles. The first-order valence-electron chi connectivity index (χ1n) is 10.1. The van der Waals surface area contributed by atoms with E-state index in [1.165, 1.54) is 0 Å². The third-order valence-electron chi connectivity index (χ3n) is 5.02. The van der Waals surface area contributed by atoms with E-state index < -0.39 is 0 Å². The van der Waals surface area contributed by atoms with Gasteiger partial charge in [-0.3, -0.25) is 4.79 Å². The summed E-state index contributed by atoms with van der Waals surface area (Å²) in [7, 11) is 1.67. The zero-order valence-corrected chi connectivity index (χ0v) is 17.7. The Morgan fingerprint density at radius 3 is 2.45 bits per heavy atom. The number of hydrogen-bond donors (Lipinski definition) is 1. The third kappa shape index (κ3) is 5.10. The van der Waals surface area contributed by atoms with Crippen LogP contribution in [0.4, 0.5) is 0 Å². The van der Waals surface area contributed by atoms with Gasteiger partial charge in [-0.05, 0) is 53.9 Å². The second-order valence-corrected chi connectivity index (χ2v) is 7.40. The Bertz CT molecular complexity index is 1170. The molecule has 1 N–H and O–H groups in total. The number of methoxy groups -OCH3 is 1. The van der Waals surface area contributed by atoms with Crippen LogP contribution in [0.1, 0.15) is 32.7 Å². The third-order valence-corrected chi connectivity index (χ3v) is 5.02. The molecule has 158 valence electrons. The number of carbonyl (C=O) groups is 1. The average Bonchev–Trinajstić information content (AvgIpc) is 3.22. The highest BCUT2D eigenvalue weighted by Gasteiger charge is 2.07. The number of hydrogen-bond acceptors (Lipinski definition) is 4. The van der Waals surface area contributed by atoms with E-state index in [0.717, 1.165) is 28.0 Å². The highest BCUT2D eigenvalue weighted by Crippen LogP contribution is 2.16. The van der Waals surface area contributed by atoms with E-state index in [1.807, 2.05) is 60.1 Å². The maximum Gasteiger partial charge on any atom is 0.251 e. The Morgan fingerprint density at radius 2 is 1.74 bits per heavy atom. The lowest BCUT2D eigenvalue weighted by molar-refractivity contribution is 0.0951. The van der Waals surface area contributed by atoms with Crippen molar-refractivity contribution in [2.75, 3.05) is 7.11 Å². The van der Waals surface area contributed by atoms with Crippen LogP contribution in [-0.4, -0.2) is 22.4 Å². The molecule has 4 aromatic rings. The Morgan fingerprint density at radius 1 is 1.00 bits per heavy atom. The summed E-state index contributed by atoms with van der Waals surface area (Å²) in [6, 6.07) is 19.1. The van der Waals surface area contributed by atoms with Crippen molar-refractivity contribution in [2.45, 2.75) is 26.7 Å². The quantitative estimate of drug-likeness (QED) is 0.466. The molecule has 1 amide bonds. The summed E-state index contributed by atoms with van der Waals surface area (Å²) in [4.78, 5) is 17.0. The number of rotatable bonds is 8. The topological polar surface area (TPSA) is 64.9 Å². The van der Waals surface area contributed by atoms with Gasteiger partial charge in [-0.1, -0.05) is 30.3 Å². The summed E-state index contributed by atoms with van der Waals surface area (Å²) in [5, 5.41) is 2.94. The van der Waals surface area contributed by atoms with Gasteiger partial charge < -0.3 is 19.2 Å². The number of fused-ring (bicyclic) bond motifs is 1. The summed E-state index contributed by atoms with van der Waals surface area (Å²) >= 11 is 0. The molecular weight excluding hydrogens is 390 g/mol. The van der Waals surface area contributed by atoms with Crippen molar-refractivity contribution < 1.29 is 14.3 Å². The lowest BCUT2D eigenvalue weighted by Crippen LogP contribution is -2.22. The van der Waals surface area contributed by atoms with Crippen molar-refractivity contribution >= 4 is 11.6 Å². The van der Waals surface area contributed by atoms with Crippen LogP contribution in [0.5, 0.6) is 5.75 Å². The van der Waals surface area contributed by atoms with Crippen molar-refractivity contribution in [3.8, 4) is 5.75 Å². The molecule has 0 aliphatic heterocycles. The van der Waals surface area contributed by atoms with Crippen LogP contribution in [0.25, 0.3) is 5.65 Å². The number of carbonyl (C=O) groups excluding carboxylic acids is 1. The number of amides is 1. The summed E-state index contributed by atoms with van der Waals surface area (Å²) in [5.74, 6) is 0.572. The highest BCUT2D eigenvalue weighted by molar-refractivity contribution is 5.94. The van der Waals surface area contributed by atoms with Crippen molar-refractivity contribution in [3.63, 3.8) is 0 Å². The molecule has 0 aliphatic rings. The monoisotopic (exact) mass is 415 g/mol. The first-order valence-corrected chi connectivity index (χ1v) is 10.1. The summed E-state index contributed by atoms with van der Waals surface area (Å²) in [6.07, 6.45) is 3.94. The van der Waals surface area contributed by atoms with Gasteiger partial charge in [0.15, 0.2) is 0 Å². The van der Waals surface area contributed by atoms with Crippen LogP contribution in [0, 0.1) is 6.92 Å². The molecule has 0 saturated carbocycles. The number of aromatic nitrogens is 2. The number of nitrogens with zero attached hydrogens (tertiary/aromatic N) is 2. The second-order valence-electron chi connectivity index (χ2n) is 7.40. The summed E-state index contributed by atoms with van der Waals surface area (Å²) in [5.41, 5.74) is 5.64. The van der Waals surface area contributed by atoms with Gasteiger partial charge in [0.1, 0.15) is 18.0 Å². The predicted molar refractivity (Wildman–Crippen MR) is 119 cm³/mol. The number of imidazole rings is 1. The zero-order valence-electron chi connectivity index (χ0n) is 17.7. The lowest BCUT2D eigenvalue weighted by Gasteiger charge is -2.08. The molecule has 0 atom stereocenters. The number of aryl methyl sites for hydroxylation is 1. The molecule has 0 unspecified atom stereocenters. The van der Waals surface area contributed by atoms with Crippen LogP contribution in [0.15, 0.2) is 73.1 Å². The highest BCUT2D eigenvalue weighted by atomic mass is 16.5. The number of nitrogens with one attached hydrogen (secondary N) is 1. The second kappa shape index (κ2) is 9.45. The largest absolute Gasteiger partial charge is 0.487 e. The van der Waals surface area contributed by atoms with Crippen LogP contribution in [0.2, 0.25) is 0 Å². The van der Waals surface area contributed by atoms with Crippen LogP contribution in [0.3, 0.4) is 0 Å². The van der Waals surface area contributed by atoms with E-state index in [4.69, 9.17) is 9.47 Å². The van der Waals surface area contributed by atoms with Gasteiger partial charge in [0.05, 0.1) is 12.3 Å². The molecule has 0 radical (unpaired) electrons. The van der Waals surface area contributed by atoms with Crippen molar-refractivity contribution in [2.24, 2.45) is 0 Å². The predicted octanol–water partition coefficient (Wildman–Crippen LogP) is 4.30. The normalized spacial score (nSPS) is 10.9. The Hall–Kier alpha value is -3.64. The number of benzene rings is 2. The fourth-order valence-electron chi connectivity index (χ4n) is 3.34. The fourth-order valence-corrected chi connectivity index (χ4v) is 3.34. The molecule has 2 aromatic heterocycles. The lowest BCUT2D eigenvalue weighted by atomic mass is 10.1. The number of pyridine rings is 1. The summed E-state index contributed by atoms with van der Waals surface area (Å²) < 4.78 is 12.9. The first kappa shape index (κ1) is 20.6. The van der Waals surface area contributed by atoms with Gasteiger partial charge in [0, 0.05) is 31.6 Å². The molecule has 4 rings (SSSR count). The summed E-state index contributed by atoms with van der Waals surface area (Å²) in [6.45, 7) is 3.45. The van der Waals surface area contributed by atoms with E-state index in [-0.39, 0.29) is 5.91 Å². The van der Waals surface area contributed by atoms with Gasteiger partial charge in [-0.25, -0.2) is 4.98 Å². The smallest absolute Gasteiger partial charge is 0.251 e. The minimum absolute atomic E-state index is 0.122. The van der Waals surface area contributed by atoms with E-state index in [1.54, 1.807) is 31.4 Å². The van der Waals surface area contributed by atoms with Gasteiger partial charge in [-0.2, -0.15) is 0 Å². The van der Waals surface area contributed by atoms with Crippen LogP contribution < -0.4 is 10.1 Å². The Balaban J connectivity index is 1.30.